The maximum atomic E-state index is 10.2. The maximum absolute atomic E-state index is 10.2. The van der Waals surface area contributed by atoms with Gasteiger partial charge in [0.2, 0.25) is 0 Å². The lowest BCUT2D eigenvalue weighted by Crippen LogP contribution is -1.98. The van der Waals surface area contributed by atoms with Crippen LogP contribution in [0, 0.1) is 0 Å². The van der Waals surface area contributed by atoms with E-state index in [1.807, 2.05) is 24.3 Å². The van der Waals surface area contributed by atoms with Crippen LogP contribution in [0.1, 0.15) is 12.5 Å². The number of halogens is 1. The Hall–Kier alpha value is -1.54. The Balaban J connectivity index is 0.000000293. The lowest BCUT2D eigenvalue weighted by molar-refractivity contribution is -0.136. The summed E-state index contributed by atoms with van der Waals surface area (Å²) in [4.78, 5) is 10.2. The minimum atomic E-state index is -0.347. The number of rotatable bonds is 2. The summed E-state index contributed by atoms with van der Waals surface area (Å²) in [5, 5.41) is 0.764. The zero-order valence-corrected chi connectivity index (χ0v) is 10.3. The molecule has 0 fully saturated rings. The van der Waals surface area contributed by atoms with Crippen molar-refractivity contribution < 1.29 is 9.53 Å². The molecule has 16 heavy (non-hydrogen) atoms. The third-order valence-corrected chi connectivity index (χ3v) is 1.89. The van der Waals surface area contributed by atoms with Gasteiger partial charge in [-0.2, -0.15) is 0 Å². The molecule has 0 saturated carbocycles. The second-order valence-corrected chi connectivity index (χ2v) is 3.46. The number of carbonyl (C=O) groups is 1. The van der Waals surface area contributed by atoms with E-state index in [9.17, 15) is 4.79 Å². The molecule has 0 aliphatic rings. The van der Waals surface area contributed by atoms with Crippen LogP contribution in [0.5, 0.6) is 0 Å². The summed E-state index contributed by atoms with van der Waals surface area (Å²) in [5.41, 5.74) is 1.53. The Morgan fingerprint density at radius 2 is 1.88 bits per heavy atom. The van der Waals surface area contributed by atoms with Crippen LogP contribution in [0.3, 0.4) is 0 Å². The van der Waals surface area contributed by atoms with Gasteiger partial charge in [0.25, 0.3) is 0 Å². The Labute approximate surface area is 101 Å². The number of esters is 1. The van der Waals surface area contributed by atoms with Crippen molar-refractivity contribution >= 4 is 23.6 Å². The molecule has 0 unspecified atom stereocenters. The first kappa shape index (κ1) is 14.5. The highest BCUT2D eigenvalue weighted by Crippen LogP contribution is 2.09. The molecule has 1 aromatic carbocycles. The largest absolute Gasteiger partial charge is 0.466 e. The Bertz CT molecular complexity index is 366. The fourth-order valence-corrected chi connectivity index (χ4v) is 0.899. The van der Waals surface area contributed by atoms with Crippen LogP contribution in [0.15, 0.2) is 43.0 Å². The van der Waals surface area contributed by atoms with Crippen molar-refractivity contribution in [3.63, 3.8) is 0 Å². The van der Waals surface area contributed by atoms with Gasteiger partial charge in [-0.05, 0) is 24.6 Å². The first-order chi connectivity index (χ1) is 7.51. The van der Waals surface area contributed by atoms with E-state index in [1.165, 1.54) is 7.11 Å². The molecular weight excluding hydrogens is 224 g/mol. The van der Waals surface area contributed by atoms with Crippen molar-refractivity contribution in [1.29, 1.82) is 0 Å². The molecule has 0 heterocycles. The Morgan fingerprint density at radius 3 is 2.12 bits per heavy atom. The van der Waals surface area contributed by atoms with Gasteiger partial charge >= 0.3 is 5.97 Å². The highest BCUT2D eigenvalue weighted by Gasteiger charge is 1.95. The van der Waals surface area contributed by atoms with Crippen LogP contribution in [0.2, 0.25) is 5.02 Å². The molecule has 0 aliphatic carbocycles. The first-order valence-electron chi connectivity index (χ1n) is 4.63. The van der Waals surface area contributed by atoms with Crippen molar-refractivity contribution in [2.45, 2.75) is 6.92 Å². The molecule has 0 amide bonds. The van der Waals surface area contributed by atoms with E-state index in [-0.39, 0.29) is 5.97 Å². The molecule has 1 aromatic rings. The van der Waals surface area contributed by atoms with Gasteiger partial charge in [-0.1, -0.05) is 43.0 Å². The van der Waals surface area contributed by atoms with Crippen LogP contribution in [-0.2, 0) is 9.53 Å². The molecule has 0 aliphatic heterocycles. The predicted octanol–water partition coefficient (Wildman–Crippen LogP) is 3.72. The summed E-state index contributed by atoms with van der Waals surface area (Å²) in [6.07, 6.45) is 1.79. The molecule has 1 rings (SSSR count). The molecule has 3 heteroatoms. The van der Waals surface area contributed by atoms with E-state index in [0.717, 1.165) is 10.6 Å². The van der Waals surface area contributed by atoms with Crippen LogP contribution in [0.25, 0.3) is 6.08 Å². The van der Waals surface area contributed by atoms with Crippen molar-refractivity contribution in [1.82, 2.24) is 0 Å². The van der Waals surface area contributed by atoms with Gasteiger partial charge in [0.05, 0.1) is 7.11 Å². The molecule has 86 valence electrons. The lowest BCUT2D eigenvalue weighted by atomic mass is 10.2. The fraction of sp³-hybridized carbons (Fsp3) is 0.154. The summed E-state index contributed by atoms with van der Waals surface area (Å²) < 4.78 is 4.27. The number of methoxy groups -OCH3 is 1. The Morgan fingerprint density at radius 1 is 1.38 bits per heavy atom. The van der Waals surface area contributed by atoms with Crippen LogP contribution in [0.4, 0.5) is 0 Å². The minimum absolute atomic E-state index is 0.347. The van der Waals surface area contributed by atoms with Gasteiger partial charge in [0.1, 0.15) is 0 Å². The summed E-state index contributed by atoms with van der Waals surface area (Å²) >= 11 is 5.63. The van der Waals surface area contributed by atoms with Gasteiger partial charge < -0.3 is 4.74 Å². The summed E-state index contributed by atoms with van der Waals surface area (Å²) in [5.74, 6) is -0.347. The number of hydrogen-bond donors (Lipinski definition) is 0. The minimum Gasteiger partial charge on any atom is -0.466 e. The third kappa shape index (κ3) is 6.04. The first-order valence-corrected chi connectivity index (χ1v) is 5.01. The average molecular weight is 239 g/mol. The van der Waals surface area contributed by atoms with Crippen LogP contribution in [-0.4, -0.2) is 13.1 Å². The van der Waals surface area contributed by atoms with E-state index >= 15 is 0 Å². The van der Waals surface area contributed by atoms with E-state index in [0.29, 0.717) is 5.57 Å². The van der Waals surface area contributed by atoms with E-state index in [4.69, 9.17) is 11.6 Å². The van der Waals surface area contributed by atoms with Crippen molar-refractivity contribution in [2.24, 2.45) is 0 Å². The lowest BCUT2D eigenvalue weighted by Gasteiger charge is -1.91. The second-order valence-electron chi connectivity index (χ2n) is 3.03. The number of carbonyl (C=O) groups excluding carboxylic acids is 1. The fourth-order valence-electron chi connectivity index (χ4n) is 0.773. The monoisotopic (exact) mass is 238 g/mol. The van der Waals surface area contributed by atoms with Crippen LogP contribution < -0.4 is 0 Å². The van der Waals surface area contributed by atoms with Gasteiger partial charge in [-0.15, -0.1) is 0 Å². The summed E-state index contributed by atoms with van der Waals surface area (Å²) in [7, 11) is 1.33. The van der Waals surface area contributed by atoms with Crippen molar-refractivity contribution in [2.75, 3.05) is 7.11 Å². The quantitative estimate of drug-likeness (QED) is 0.580. The molecule has 2 nitrogen and oxygen atoms in total. The van der Waals surface area contributed by atoms with Crippen LogP contribution >= 0.6 is 11.6 Å². The zero-order valence-electron chi connectivity index (χ0n) is 9.50. The number of ether oxygens (including phenoxy) is 1. The topological polar surface area (TPSA) is 26.3 Å². The third-order valence-electron chi connectivity index (χ3n) is 1.64. The highest BCUT2D eigenvalue weighted by atomic mass is 35.5. The van der Waals surface area contributed by atoms with Crippen molar-refractivity contribution in [3.05, 3.63) is 53.6 Å². The maximum Gasteiger partial charge on any atom is 0.332 e. The smallest absolute Gasteiger partial charge is 0.332 e. The normalized spacial score (nSPS) is 8.44. The van der Waals surface area contributed by atoms with E-state index in [2.05, 4.69) is 17.9 Å². The SMILES string of the molecule is C=C(C)C(=O)OC.C=Cc1ccc(Cl)cc1. The summed E-state index contributed by atoms with van der Waals surface area (Å²) in [6, 6.07) is 7.54. The molecule has 0 bridgehead atoms. The average Bonchev–Trinajstić information content (AvgIpc) is 2.29. The number of benzene rings is 1. The predicted molar refractivity (Wildman–Crippen MR) is 68.4 cm³/mol. The molecule has 0 N–H and O–H groups in total. The second kappa shape index (κ2) is 7.71. The van der Waals surface area contributed by atoms with Gasteiger partial charge in [-0.25, -0.2) is 4.79 Å². The molecular formula is C13H15ClO2. The van der Waals surface area contributed by atoms with Crippen molar-refractivity contribution in [3.8, 4) is 0 Å². The van der Waals surface area contributed by atoms with Gasteiger partial charge in [0, 0.05) is 10.6 Å². The van der Waals surface area contributed by atoms with Gasteiger partial charge in [-0.3, -0.25) is 0 Å². The van der Waals surface area contributed by atoms with E-state index in [1.54, 1.807) is 13.0 Å². The highest BCUT2D eigenvalue weighted by molar-refractivity contribution is 6.30. The Kier molecular flexibility index (Phi) is 6.97. The molecule has 0 atom stereocenters. The molecule has 0 spiro atoms. The standard InChI is InChI=1S/C8H7Cl.C5H8O2/c1-2-7-3-5-8(9)6-4-7;1-4(2)5(6)7-3/h2-6H,1H2;1H2,2-3H3. The molecule has 0 radical (unpaired) electrons. The molecule has 0 saturated heterocycles. The summed E-state index contributed by atoms with van der Waals surface area (Å²) in [6.45, 7) is 8.57. The molecule has 0 aromatic heterocycles. The zero-order chi connectivity index (χ0) is 12.6. The van der Waals surface area contributed by atoms with Gasteiger partial charge in [0.15, 0.2) is 0 Å². The van der Waals surface area contributed by atoms with E-state index < -0.39 is 0 Å². The number of hydrogen-bond acceptors (Lipinski definition) is 2.